The van der Waals surface area contributed by atoms with Crippen LogP contribution in [0.3, 0.4) is 0 Å². The first kappa shape index (κ1) is 24.3. The lowest BCUT2D eigenvalue weighted by Gasteiger charge is -2.41. The first-order chi connectivity index (χ1) is 17.4. The minimum absolute atomic E-state index is 0.164. The van der Waals surface area contributed by atoms with Crippen LogP contribution in [0, 0.1) is 6.92 Å². The van der Waals surface area contributed by atoms with Crippen molar-refractivity contribution in [3.05, 3.63) is 71.2 Å². The summed E-state index contributed by atoms with van der Waals surface area (Å²) in [5, 5.41) is 13.9. The van der Waals surface area contributed by atoms with E-state index in [1.54, 1.807) is 26.2 Å². The van der Waals surface area contributed by atoms with E-state index in [0.717, 1.165) is 37.1 Å². The zero-order chi connectivity index (χ0) is 25.4. The summed E-state index contributed by atoms with van der Waals surface area (Å²) in [6, 6.07) is 11.8. The number of fused-ring (bicyclic) bond motifs is 3. The molecule has 3 heterocycles. The van der Waals surface area contributed by atoms with Crippen LogP contribution in [0.5, 0.6) is 5.75 Å². The molecule has 36 heavy (non-hydrogen) atoms. The lowest BCUT2D eigenvalue weighted by molar-refractivity contribution is 0.0526. The van der Waals surface area contributed by atoms with Crippen LogP contribution in [0.1, 0.15) is 54.1 Å². The smallest absolute Gasteiger partial charge is 0.342 e. The number of phenols is 1. The summed E-state index contributed by atoms with van der Waals surface area (Å²) >= 11 is 0. The fourth-order valence-corrected chi connectivity index (χ4v) is 5.48. The molecule has 1 fully saturated rings. The van der Waals surface area contributed by atoms with E-state index in [0.29, 0.717) is 39.3 Å². The number of hydrogen-bond acceptors (Lipinski definition) is 7. The molecule has 0 bridgehead atoms. The maximum Gasteiger partial charge on any atom is 0.342 e. The van der Waals surface area contributed by atoms with Crippen molar-refractivity contribution in [1.29, 1.82) is 0 Å². The third kappa shape index (κ3) is 4.12. The molecule has 188 valence electrons. The van der Waals surface area contributed by atoms with Crippen LogP contribution in [-0.2, 0) is 4.74 Å². The van der Waals surface area contributed by atoms with Crippen molar-refractivity contribution in [2.75, 3.05) is 32.8 Å². The predicted molar refractivity (Wildman–Crippen MR) is 140 cm³/mol. The highest BCUT2D eigenvalue weighted by Gasteiger charge is 2.35. The van der Waals surface area contributed by atoms with Crippen LogP contribution < -0.4 is 0 Å². The Hall–Kier alpha value is -3.42. The number of piperazine rings is 1. The zero-order valence-corrected chi connectivity index (χ0v) is 21.3. The van der Waals surface area contributed by atoms with E-state index >= 15 is 0 Å². The summed E-state index contributed by atoms with van der Waals surface area (Å²) in [5.74, 6) is 0.207. The van der Waals surface area contributed by atoms with Gasteiger partial charge in [-0.15, -0.1) is 0 Å². The summed E-state index contributed by atoms with van der Waals surface area (Å²) in [6.07, 6.45) is 3.55. The number of hydrogen-bond donors (Lipinski definition) is 1. The molecule has 1 saturated heterocycles. The Labute approximate surface area is 211 Å². The molecular formula is C29H33N3O4. The molecule has 0 spiro atoms. The maximum absolute atomic E-state index is 13.2. The number of ether oxygens (including phenoxy) is 1. The standard InChI is InChI=1S/C29H33N3O4/c1-5-35-29(34)23-19(4)36-28-22-9-7-6-8-21(22)27(33)25(24(23)28)26(20-10-12-30-13-11-20)32-16-14-31(15-17-32)18(2)3/h6-13,18,26,33H,5,14-17H2,1-4H3. The van der Waals surface area contributed by atoms with Gasteiger partial charge in [-0.05, 0) is 45.4 Å². The Morgan fingerprint density at radius 2 is 1.69 bits per heavy atom. The minimum Gasteiger partial charge on any atom is -0.507 e. The fourth-order valence-electron chi connectivity index (χ4n) is 5.48. The SMILES string of the molecule is CCOC(=O)c1c(C)oc2c1c(C(c1ccncc1)N1CCN(C(C)C)CC1)c(O)c1ccccc12. The number of furan rings is 1. The topological polar surface area (TPSA) is 79.0 Å². The van der Waals surface area contributed by atoms with Gasteiger partial charge in [0.2, 0.25) is 0 Å². The molecule has 1 atom stereocenters. The number of benzene rings is 2. The molecule has 2 aromatic heterocycles. The van der Waals surface area contributed by atoms with E-state index in [2.05, 4.69) is 28.6 Å². The van der Waals surface area contributed by atoms with Gasteiger partial charge in [0.25, 0.3) is 0 Å². The van der Waals surface area contributed by atoms with Crippen LogP contribution in [0.15, 0.2) is 53.2 Å². The summed E-state index contributed by atoms with van der Waals surface area (Å²) in [5.41, 5.74) is 2.65. The highest BCUT2D eigenvalue weighted by atomic mass is 16.5. The fraction of sp³-hybridized carbons (Fsp3) is 0.379. The van der Waals surface area contributed by atoms with Gasteiger partial charge in [0, 0.05) is 66.3 Å². The summed E-state index contributed by atoms with van der Waals surface area (Å²) in [6.45, 7) is 11.8. The normalized spacial score (nSPS) is 16.1. The molecule has 7 heteroatoms. The van der Waals surface area contributed by atoms with Crippen molar-refractivity contribution in [2.45, 2.75) is 39.8 Å². The molecule has 2 aromatic carbocycles. The molecule has 1 aliphatic rings. The quantitative estimate of drug-likeness (QED) is 0.370. The molecule has 5 rings (SSSR count). The Kier molecular flexibility index (Phi) is 6.69. The maximum atomic E-state index is 13.2. The van der Waals surface area contributed by atoms with Gasteiger partial charge in [0.15, 0.2) is 0 Å². The number of phenolic OH excluding ortho intramolecular Hbond substituents is 1. The molecule has 0 aliphatic carbocycles. The molecule has 1 unspecified atom stereocenters. The second kappa shape index (κ2) is 9.91. The summed E-state index contributed by atoms with van der Waals surface area (Å²) in [4.78, 5) is 22.3. The molecule has 4 aromatic rings. The molecule has 0 amide bonds. The van der Waals surface area contributed by atoms with Gasteiger partial charge in [-0.25, -0.2) is 4.79 Å². The third-order valence-corrected chi connectivity index (χ3v) is 7.25. The number of aromatic hydroxyl groups is 1. The number of carbonyl (C=O) groups excluding carboxylic acids is 1. The Morgan fingerprint density at radius 3 is 2.33 bits per heavy atom. The van der Waals surface area contributed by atoms with Crippen LogP contribution in [0.25, 0.3) is 21.7 Å². The highest BCUT2D eigenvalue weighted by Crippen LogP contribution is 2.47. The predicted octanol–water partition coefficient (Wildman–Crippen LogP) is 5.29. The van der Waals surface area contributed by atoms with E-state index in [9.17, 15) is 9.90 Å². The first-order valence-electron chi connectivity index (χ1n) is 12.6. The minimum atomic E-state index is -0.442. The monoisotopic (exact) mass is 487 g/mol. The number of esters is 1. The van der Waals surface area contributed by atoms with Crippen LogP contribution in [0.2, 0.25) is 0 Å². The van der Waals surface area contributed by atoms with Crippen molar-refractivity contribution in [3.63, 3.8) is 0 Å². The molecular weight excluding hydrogens is 454 g/mol. The molecule has 0 radical (unpaired) electrons. The number of aryl methyl sites for hydroxylation is 1. The second-order valence-electron chi connectivity index (χ2n) is 9.61. The van der Waals surface area contributed by atoms with Gasteiger partial charge < -0.3 is 14.3 Å². The summed E-state index contributed by atoms with van der Waals surface area (Å²) < 4.78 is 11.7. The number of nitrogens with zero attached hydrogens (tertiary/aromatic N) is 3. The van der Waals surface area contributed by atoms with E-state index < -0.39 is 5.97 Å². The van der Waals surface area contributed by atoms with Crippen LogP contribution in [-0.4, -0.2) is 64.7 Å². The van der Waals surface area contributed by atoms with Gasteiger partial charge >= 0.3 is 5.97 Å². The zero-order valence-electron chi connectivity index (χ0n) is 21.3. The molecule has 7 nitrogen and oxygen atoms in total. The van der Waals surface area contributed by atoms with Crippen molar-refractivity contribution in [2.24, 2.45) is 0 Å². The van der Waals surface area contributed by atoms with Crippen LogP contribution in [0.4, 0.5) is 0 Å². The molecule has 0 saturated carbocycles. The van der Waals surface area contributed by atoms with Crippen molar-refractivity contribution < 1.29 is 19.1 Å². The van der Waals surface area contributed by atoms with E-state index in [-0.39, 0.29) is 18.4 Å². The lowest BCUT2D eigenvalue weighted by atomic mass is 9.89. The average molecular weight is 488 g/mol. The van der Waals surface area contributed by atoms with Crippen LogP contribution >= 0.6 is 0 Å². The number of pyridine rings is 1. The third-order valence-electron chi connectivity index (χ3n) is 7.25. The Bertz CT molecular complexity index is 1390. The van der Waals surface area contributed by atoms with Gasteiger partial charge in [-0.3, -0.25) is 14.8 Å². The largest absolute Gasteiger partial charge is 0.507 e. The second-order valence-corrected chi connectivity index (χ2v) is 9.61. The highest BCUT2D eigenvalue weighted by molar-refractivity contribution is 6.16. The Morgan fingerprint density at radius 1 is 1.06 bits per heavy atom. The van der Waals surface area contributed by atoms with Gasteiger partial charge in [-0.2, -0.15) is 0 Å². The number of carbonyl (C=O) groups is 1. The molecule has 1 aliphatic heterocycles. The molecule has 1 N–H and O–H groups in total. The van der Waals surface area contributed by atoms with E-state index in [1.165, 1.54) is 0 Å². The van der Waals surface area contributed by atoms with E-state index in [1.807, 2.05) is 36.4 Å². The summed E-state index contributed by atoms with van der Waals surface area (Å²) in [7, 11) is 0. The van der Waals surface area contributed by atoms with Gasteiger partial charge in [-0.1, -0.05) is 24.3 Å². The lowest BCUT2D eigenvalue weighted by Crippen LogP contribution is -2.50. The van der Waals surface area contributed by atoms with Gasteiger partial charge in [0.1, 0.15) is 22.7 Å². The van der Waals surface area contributed by atoms with Crippen molar-refractivity contribution in [3.8, 4) is 5.75 Å². The Balaban J connectivity index is 1.81. The first-order valence-corrected chi connectivity index (χ1v) is 12.6. The van der Waals surface area contributed by atoms with Gasteiger partial charge in [0.05, 0.1) is 12.6 Å². The average Bonchev–Trinajstić information content (AvgIpc) is 3.24. The number of rotatable bonds is 6. The van der Waals surface area contributed by atoms with Crippen molar-refractivity contribution in [1.82, 2.24) is 14.8 Å². The van der Waals surface area contributed by atoms with E-state index in [4.69, 9.17) is 9.15 Å². The van der Waals surface area contributed by atoms with Crippen molar-refractivity contribution >= 4 is 27.7 Å². The number of aromatic nitrogens is 1.